The smallest absolute Gasteiger partial charge is 0.287 e. The first kappa shape index (κ1) is 19.9. The predicted molar refractivity (Wildman–Crippen MR) is 92.9 cm³/mol. The van der Waals surface area contributed by atoms with E-state index in [1.807, 2.05) is 30.3 Å². The van der Waals surface area contributed by atoms with E-state index < -0.39 is 4.92 Å². The second kappa shape index (κ2) is 10.6. The van der Waals surface area contributed by atoms with E-state index in [0.717, 1.165) is 18.4 Å². The number of rotatable bonds is 3. The van der Waals surface area contributed by atoms with E-state index in [4.69, 9.17) is 14.7 Å². The van der Waals surface area contributed by atoms with Gasteiger partial charge in [-0.2, -0.15) is 0 Å². The van der Waals surface area contributed by atoms with Crippen LogP contribution in [-0.2, 0) is 9.57 Å². The highest BCUT2D eigenvalue weighted by atomic mass is 16.7. The first-order chi connectivity index (χ1) is 12.2. The van der Waals surface area contributed by atoms with Crippen molar-refractivity contribution in [1.82, 2.24) is 10.2 Å². The SMILES string of the molecule is CO.COC1=Cc2ccccc2NN1OC.O=[N+]([O-])c1cccnc1. The number of fused-ring (bicyclic) bond motifs is 1. The van der Waals surface area contributed by atoms with Crippen LogP contribution in [0.4, 0.5) is 11.4 Å². The van der Waals surface area contributed by atoms with E-state index in [2.05, 4.69) is 10.4 Å². The maximum absolute atomic E-state index is 9.97. The Morgan fingerprint density at radius 3 is 2.44 bits per heavy atom. The van der Waals surface area contributed by atoms with Crippen LogP contribution in [0.3, 0.4) is 0 Å². The van der Waals surface area contributed by atoms with Crippen LogP contribution in [0.2, 0.25) is 0 Å². The Labute approximate surface area is 145 Å². The number of hydrazine groups is 1. The fourth-order valence-electron chi connectivity index (χ4n) is 1.82. The molecule has 0 aliphatic carbocycles. The second-order valence-corrected chi connectivity index (χ2v) is 4.33. The quantitative estimate of drug-likeness (QED) is 0.643. The molecule has 0 radical (unpaired) electrons. The number of nitrogens with zero attached hydrogens (tertiary/aromatic N) is 3. The number of anilines is 1. The van der Waals surface area contributed by atoms with Gasteiger partial charge in [-0.3, -0.25) is 25.4 Å². The van der Waals surface area contributed by atoms with E-state index in [1.165, 1.54) is 29.7 Å². The topological polar surface area (TPSA) is 110 Å². The molecule has 2 aromatic rings. The lowest BCUT2D eigenvalue weighted by Gasteiger charge is -2.28. The summed E-state index contributed by atoms with van der Waals surface area (Å²) in [7, 11) is 4.18. The molecule has 1 aromatic heterocycles. The molecule has 0 amide bonds. The zero-order valence-electron chi connectivity index (χ0n) is 14.1. The van der Waals surface area contributed by atoms with E-state index in [-0.39, 0.29) is 5.69 Å². The molecular weight excluding hydrogens is 328 g/mol. The minimum Gasteiger partial charge on any atom is -0.480 e. The third-order valence-electron chi connectivity index (χ3n) is 2.91. The number of ether oxygens (including phenoxy) is 1. The van der Waals surface area contributed by atoms with Crippen LogP contribution in [0.5, 0.6) is 0 Å². The number of hydroxylamine groups is 1. The van der Waals surface area contributed by atoms with Gasteiger partial charge in [0.1, 0.15) is 6.20 Å². The molecule has 1 aromatic carbocycles. The van der Waals surface area contributed by atoms with Gasteiger partial charge < -0.3 is 9.84 Å². The molecule has 1 aliphatic rings. The molecule has 0 saturated heterocycles. The molecule has 3 rings (SSSR count). The zero-order valence-corrected chi connectivity index (χ0v) is 14.1. The number of methoxy groups -OCH3 is 1. The third-order valence-corrected chi connectivity index (χ3v) is 2.91. The summed E-state index contributed by atoms with van der Waals surface area (Å²) in [6.45, 7) is 0. The monoisotopic (exact) mass is 348 g/mol. The predicted octanol–water partition coefficient (Wildman–Crippen LogP) is 2.43. The van der Waals surface area contributed by atoms with Crippen molar-refractivity contribution < 1.29 is 19.6 Å². The molecule has 0 fully saturated rings. The average molecular weight is 348 g/mol. The molecule has 0 spiro atoms. The fraction of sp³-hybridized carbons (Fsp3) is 0.188. The summed E-state index contributed by atoms with van der Waals surface area (Å²) in [4.78, 5) is 18.1. The van der Waals surface area contributed by atoms with Gasteiger partial charge in [0.15, 0.2) is 0 Å². The highest BCUT2D eigenvalue weighted by Gasteiger charge is 2.16. The Morgan fingerprint density at radius 1 is 1.20 bits per heavy atom. The first-order valence-corrected chi connectivity index (χ1v) is 7.10. The molecule has 1 aliphatic heterocycles. The van der Waals surface area contributed by atoms with E-state index >= 15 is 0 Å². The van der Waals surface area contributed by atoms with Gasteiger partial charge in [0.25, 0.3) is 5.69 Å². The Kier molecular flexibility index (Phi) is 8.41. The summed E-state index contributed by atoms with van der Waals surface area (Å²) in [5, 5.41) is 18.4. The molecule has 0 unspecified atom stereocenters. The van der Waals surface area contributed by atoms with Crippen LogP contribution < -0.4 is 5.43 Å². The Bertz CT molecular complexity index is 694. The minimum atomic E-state index is -0.479. The number of aliphatic hydroxyl groups excluding tert-OH is 1. The summed E-state index contributed by atoms with van der Waals surface area (Å²) < 4.78 is 5.15. The van der Waals surface area contributed by atoms with E-state index in [0.29, 0.717) is 5.88 Å². The standard InChI is InChI=1S/C10H12N2O2.C5H4N2O2.CH4O/c1-13-10-7-8-5-3-4-6-9(8)11-12(10)14-2;8-7(9)5-2-1-3-6-4-5;1-2/h3-7,11H,1-2H3;1-4H;2H,1H3. The Hall–Kier alpha value is -3.17. The lowest BCUT2D eigenvalue weighted by atomic mass is 10.1. The van der Waals surface area contributed by atoms with Gasteiger partial charge in [-0.15, -0.1) is 5.17 Å². The van der Waals surface area contributed by atoms with Crippen molar-refractivity contribution in [2.75, 3.05) is 26.8 Å². The average Bonchev–Trinajstić information content (AvgIpc) is 2.69. The van der Waals surface area contributed by atoms with Gasteiger partial charge in [-0.1, -0.05) is 18.2 Å². The molecule has 0 atom stereocenters. The zero-order chi connectivity index (χ0) is 18.7. The molecule has 0 bridgehead atoms. The fourth-order valence-corrected chi connectivity index (χ4v) is 1.82. The van der Waals surface area contributed by atoms with Gasteiger partial charge in [0.2, 0.25) is 5.88 Å². The minimum absolute atomic E-state index is 0.0255. The van der Waals surface area contributed by atoms with Gasteiger partial charge in [0.05, 0.1) is 24.8 Å². The van der Waals surface area contributed by atoms with Gasteiger partial charge in [0, 0.05) is 31.0 Å². The summed E-state index contributed by atoms with van der Waals surface area (Å²) in [6.07, 6.45) is 4.61. The molecule has 9 heteroatoms. The van der Waals surface area contributed by atoms with Crippen LogP contribution >= 0.6 is 0 Å². The maximum Gasteiger partial charge on any atom is 0.287 e. The summed E-state index contributed by atoms with van der Waals surface area (Å²) in [6, 6.07) is 10.8. The molecule has 2 heterocycles. The number of aromatic nitrogens is 1. The van der Waals surface area contributed by atoms with Crippen LogP contribution in [0.25, 0.3) is 6.08 Å². The van der Waals surface area contributed by atoms with Crippen molar-refractivity contribution >= 4 is 17.5 Å². The molecular formula is C16H20N4O5. The normalized spacial score (nSPS) is 11.4. The number of para-hydroxylation sites is 1. The van der Waals surface area contributed by atoms with Crippen LogP contribution in [0.1, 0.15) is 5.56 Å². The molecule has 0 saturated carbocycles. The van der Waals surface area contributed by atoms with Gasteiger partial charge in [-0.25, -0.2) is 0 Å². The summed E-state index contributed by atoms with van der Waals surface area (Å²) in [5.41, 5.74) is 5.17. The largest absolute Gasteiger partial charge is 0.480 e. The van der Waals surface area contributed by atoms with E-state index in [1.54, 1.807) is 14.2 Å². The molecule has 25 heavy (non-hydrogen) atoms. The maximum atomic E-state index is 9.97. The van der Waals surface area contributed by atoms with Gasteiger partial charge >= 0.3 is 0 Å². The van der Waals surface area contributed by atoms with Crippen molar-refractivity contribution in [2.45, 2.75) is 0 Å². The summed E-state index contributed by atoms with van der Waals surface area (Å²) in [5.74, 6) is 0.631. The third kappa shape index (κ3) is 5.75. The molecule has 9 nitrogen and oxygen atoms in total. The number of hydrogen-bond donors (Lipinski definition) is 2. The number of pyridine rings is 1. The first-order valence-electron chi connectivity index (χ1n) is 7.10. The lowest BCUT2D eigenvalue weighted by Crippen LogP contribution is -2.31. The van der Waals surface area contributed by atoms with Crippen LogP contribution in [0, 0.1) is 10.1 Å². The Morgan fingerprint density at radius 2 is 1.92 bits per heavy atom. The summed E-state index contributed by atoms with van der Waals surface area (Å²) >= 11 is 0. The number of hydrogen-bond acceptors (Lipinski definition) is 8. The van der Waals surface area contributed by atoms with Gasteiger partial charge in [-0.05, 0) is 12.1 Å². The number of nitro groups is 1. The lowest BCUT2D eigenvalue weighted by molar-refractivity contribution is -0.385. The number of aliphatic hydroxyl groups is 1. The van der Waals surface area contributed by atoms with Crippen LogP contribution in [-0.4, -0.2) is 41.5 Å². The Balaban J connectivity index is 0.000000246. The van der Waals surface area contributed by atoms with Crippen LogP contribution in [0.15, 0.2) is 54.7 Å². The number of nitrogens with one attached hydrogen (secondary N) is 1. The van der Waals surface area contributed by atoms with E-state index in [9.17, 15) is 10.1 Å². The molecule has 2 N–H and O–H groups in total. The molecule has 134 valence electrons. The highest BCUT2D eigenvalue weighted by molar-refractivity contribution is 5.69. The second-order valence-electron chi connectivity index (χ2n) is 4.33. The van der Waals surface area contributed by atoms with Crippen molar-refractivity contribution in [3.05, 3.63) is 70.4 Å². The van der Waals surface area contributed by atoms with Crippen molar-refractivity contribution in [2.24, 2.45) is 0 Å². The van der Waals surface area contributed by atoms with Crippen molar-refractivity contribution in [3.63, 3.8) is 0 Å². The van der Waals surface area contributed by atoms with Crippen molar-refractivity contribution in [3.8, 4) is 0 Å². The number of benzene rings is 1. The highest BCUT2D eigenvalue weighted by Crippen LogP contribution is 2.25. The van der Waals surface area contributed by atoms with Crippen molar-refractivity contribution in [1.29, 1.82) is 0 Å².